The number of hydrogen-bond donors (Lipinski definition) is 2. The molecule has 19 heavy (non-hydrogen) atoms. The Labute approximate surface area is 113 Å². The fourth-order valence-corrected chi connectivity index (χ4v) is 2.48. The number of carbonyl (C=O) groups excluding carboxylic acids is 2. The van der Waals surface area contributed by atoms with Gasteiger partial charge < -0.3 is 15.0 Å². The highest BCUT2D eigenvalue weighted by Crippen LogP contribution is 2.07. The van der Waals surface area contributed by atoms with Gasteiger partial charge in [0.25, 0.3) is 0 Å². The smallest absolute Gasteiger partial charge is 0.236 e. The van der Waals surface area contributed by atoms with Crippen molar-refractivity contribution in [2.24, 2.45) is 0 Å². The van der Waals surface area contributed by atoms with Crippen LogP contribution in [0.3, 0.4) is 0 Å². The van der Waals surface area contributed by atoms with Gasteiger partial charge in [-0.15, -0.1) is 0 Å². The molecule has 2 aliphatic rings. The molecule has 2 aliphatic heterocycles. The van der Waals surface area contributed by atoms with Crippen molar-refractivity contribution in [3.8, 4) is 0 Å². The molecule has 108 valence electrons. The number of carbonyl (C=O) groups is 2. The highest BCUT2D eigenvalue weighted by molar-refractivity contribution is 5.81. The van der Waals surface area contributed by atoms with Gasteiger partial charge in [0.2, 0.25) is 11.8 Å². The average molecular weight is 269 g/mol. The van der Waals surface area contributed by atoms with Crippen LogP contribution in [-0.4, -0.2) is 62.1 Å². The van der Waals surface area contributed by atoms with E-state index in [1.54, 1.807) is 0 Å². The highest BCUT2D eigenvalue weighted by atomic mass is 16.5. The summed E-state index contributed by atoms with van der Waals surface area (Å²) < 4.78 is 5.23. The molecule has 0 aromatic heterocycles. The normalized spacial score (nSPS) is 20.5. The molecule has 0 unspecified atom stereocenters. The monoisotopic (exact) mass is 269 g/mol. The molecule has 0 saturated carbocycles. The third-order valence-electron chi connectivity index (χ3n) is 3.61. The highest BCUT2D eigenvalue weighted by Gasteiger charge is 2.18. The van der Waals surface area contributed by atoms with Crippen LogP contribution in [0.4, 0.5) is 0 Å². The number of likely N-dealkylation sites (tertiary alicyclic amines) is 1. The molecule has 2 N–H and O–H groups in total. The number of rotatable bonds is 5. The topological polar surface area (TPSA) is 70.7 Å². The maximum Gasteiger partial charge on any atom is 0.236 e. The van der Waals surface area contributed by atoms with E-state index in [2.05, 4.69) is 10.6 Å². The van der Waals surface area contributed by atoms with E-state index in [4.69, 9.17) is 4.74 Å². The van der Waals surface area contributed by atoms with Gasteiger partial charge in [0, 0.05) is 32.3 Å². The quantitative estimate of drug-likeness (QED) is 0.705. The van der Waals surface area contributed by atoms with Gasteiger partial charge >= 0.3 is 0 Å². The van der Waals surface area contributed by atoms with Gasteiger partial charge in [-0.25, -0.2) is 0 Å². The Morgan fingerprint density at radius 1 is 1.11 bits per heavy atom. The minimum atomic E-state index is -0.0406. The number of amides is 2. The lowest BCUT2D eigenvalue weighted by molar-refractivity contribution is -0.129. The average Bonchev–Trinajstić information content (AvgIpc) is 2.93. The van der Waals surface area contributed by atoms with E-state index in [1.165, 1.54) is 0 Å². The van der Waals surface area contributed by atoms with E-state index in [1.807, 2.05) is 4.90 Å². The van der Waals surface area contributed by atoms with Gasteiger partial charge in [0.1, 0.15) is 0 Å². The zero-order valence-corrected chi connectivity index (χ0v) is 11.3. The largest absolute Gasteiger partial charge is 0.381 e. The van der Waals surface area contributed by atoms with Crippen LogP contribution in [0.2, 0.25) is 0 Å². The molecular weight excluding hydrogens is 246 g/mol. The lowest BCUT2D eigenvalue weighted by atomic mass is 10.1. The molecule has 2 saturated heterocycles. The third kappa shape index (κ3) is 4.80. The van der Waals surface area contributed by atoms with Crippen LogP contribution in [0.25, 0.3) is 0 Å². The van der Waals surface area contributed by atoms with Crippen molar-refractivity contribution in [3.63, 3.8) is 0 Å². The second-order valence-corrected chi connectivity index (χ2v) is 5.15. The summed E-state index contributed by atoms with van der Waals surface area (Å²) in [5.41, 5.74) is 0. The molecule has 6 heteroatoms. The van der Waals surface area contributed by atoms with Crippen LogP contribution >= 0.6 is 0 Å². The molecule has 0 bridgehead atoms. The summed E-state index contributed by atoms with van der Waals surface area (Å²) in [4.78, 5) is 25.3. The first kappa shape index (κ1) is 14.3. The molecule has 2 rings (SSSR count). The van der Waals surface area contributed by atoms with Crippen molar-refractivity contribution < 1.29 is 14.3 Å². The molecule has 2 amide bonds. The van der Waals surface area contributed by atoms with Crippen molar-refractivity contribution in [3.05, 3.63) is 0 Å². The van der Waals surface area contributed by atoms with Crippen LogP contribution in [0.5, 0.6) is 0 Å². The van der Waals surface area contributed by atoms with Crippen LogP contribution in [0.15, 0.2) is 0 Å². The zero-order valence-electron chi connectivity index (χ0n) is 11.3. The van der Waals surface area contributed by atoms with E-state index < -0.39 is 0 Å². The molecule has 0 aromatic rings. The maximum absolute atomic E-state index is 11.7. The zero-order chi connectivity index (χ0) is 13.5. The Bertz CT molecular complexity index is 310. The molecule has 6 nitrogen and oxygen atoms in total. The molecule has 2 heterocycles. The van der Waals surface area contributed by atoms with Crippen LogP contribution in [-0.2, 0) is 14.3 Å². The van der Waals surface area contributed by atoms with Crippen molar-refractivity contribution in [1.82, 2.24) is 15.5 Å². The molecule has 0 spiro atoms. The first-order valence-corrected chi connectivity index (χ1v) is 7.11. The van der Waals surface area contributed by atoms with E-state index in [9.17, 15) is 9.59 Å². The van der Waals surface area contributed by atoms with Gasteiger partial charge in [-0.1, -0.05) is 0 Å². The first-order chi connectivity index (χ1) is 9.25. The minimum absolute atomic E-state index is 0.0406. The Kier molecular flexibility index (Phi) is 5.60. The minimum Gasteiger partial charge on any atom is -0.381 e. The van der Waals surface area contributed by atoms with Gasteiger partial charge in [-0.2, -0.15) is 0 Å². The standard InChI is InChI=1S/C13H23N3O3/c17-12(15-11-3-7-19-8-4-11)9-14-10-13(18)16-5-1-2-6-16/h11,14H,1-10H2,(H,15,17). The summed E-state index contributed by atoms with van der Waals surface area (Å²) in [5, 5.41) is 5.87. The van der Waals surface area contributed by atoms with Crippen LogP contribution < -0.4 is 10.6 Å². The van der Waals surface area contributed by atoms with Gasteiger partial charge in [0.15, 0.2) is 0 Å². The number of ether oxygens (including phenoxy) is 1. The number of nitrogens with zero attached hydrogens (tertiary/aromatic N) is 1. The van der Waals surface area contributed by atoms with Crippen molar-refractivity contribution in [2.45, 2.75) is 31.7 Å². The lowest BCUT2D eigenvalue weighted by Crippen LogP contribution is -2.45. The fraction of sp³-hybridized carbons (Fsp3) is 0.846. The summed E-state index contributed by atoms with van der Waals surface area (Å²) in [6, 6.07) is 0.220. The molecule has 0 aliphatic carbocycles. The second kappa shape index (κ2) is 7.45. The third-order valence-corrected chi connectivity index (χ3v) is 3.61. The second-order valence-electron chi connectivity index (χ2n) is 5.15. The molecule has 0 aromatic carbocycles. The first-order valence-electron chi connectivity index (χ1n) is 7.11. The predicted octanol–water partition coefficient (Wildman–Crippen LogP) is -0.506. The fourth-order valence-electron chi connectivity index (χ4n) is 2.48. The van der Waals surface area contributed by atoms with Crippen molar-refractivity contribution >= 4 is 11.8 Å². The summed E-state index contributed by atoms with van der Waals surface area (Å²) in [6.07, 6.45) is 3.93. The van der Waals surface area contributed by atoms with E-state index in [0.29, 0.717) is 13.2 Å². The van der Waals surface area contributed by atoms with Crippen LogP contribution in [0, 0.1) is 0 Å². The summed E-state index contributed by atoms with van der Waals surface area (Å²) in [7, 11) is 0. The summed E-state index contributed by atoms with van der Waals surface area (Å²) in [6.45, 7) is 3.60. The molecular formula is C13H23N3O3. The maximum atomic E-state index is 11.7. The van der Waals surface area contributed by atoms with E-state index in [-0.39, 0.29) is 30.9 Å². The van der Waals surface area contributed by atoms with E-state index in [0.717, 1.165) is 38.8 Å². The Balaban J connectivity index is 1.56. The molecule has 0 atom stereocenters. The number of hydrogen-bond acceptors (Lipinski definition) is 4. The van der Waals surface area contributed by atoms with Crippen molar-refractivity contribution in [1.29, 1.82) is 0 Å². The lowest BCUT2D eigenvalue weighted by Gasteiger charge is -2.23. The Hall–Kier alpha value is -1.14. The molecule has 2 fully saturated rings. The van der Waals surface area contributed by atoms with Gasteiger partial charge in [-0.3, -0.25) is 14.9 Å². The van der Waals surface area contributed by atoms with Crippen LogP contribution in [0.1, 0.15) is 25.7 Å². The van der Waals surface area contributed by atoms with Crippen molar-refractivity contribution in [2.75, 3.05) is 39.4 Å². The predicted molar refractivity (Wildman–Crippen MR) is 70.7 cm³/mol. The summed E-state index contributed by atoms with van der Waals surface area (Å²) in [5.74, 6) is 0.0532. The summed E-state index contributed by atoms with van der Waals surface area (Å²) >= 11 is 0. The van der Waals surface area contributed by atoms with E-state index >= 15 is 0 Å². The Morgan fingerprint density at radius 2 is 1.79 bits per heavy atom. The SMILES string of the molecule is O=C(CNCC(=O)N1CCCC1)NC1CCOCC1. The van der Waals surface area contributed by atoms with Gasteiger partial charge in [0.05, 0.1) is 13.1 Å². The van der Waals surface area contributed by atoms with Gasteiger partial charge in [-0.05, 0) is 25.7 Å². The molecule has 0 radical (unpaired) electrons. The number of nitrogens with one attached hydrogen (secondary N) is 2. The Morgan fingerprint density at radius 3 is 2.47 bits per heavy atom.